The Morgan fingerprint density at radius 2 is 0.793 bits per heavy atom. The van der Waals surface area contributed by atoms with Crippen LogP contribution < -0.4 is 0 Å². The molecule has 0 radical (unpaired) electrons. The van der Waals surface area contributed by atoms with Crippen LogP contribution in [0.5, 0.6) is 0 Å². The van der Waals surface area contributed by atoms with Gasteiger partial charge in [0.2, 0.25) is 0 Å². The number of halogens is 18. The van der Waals surface area contributed by atoms with Crippen LogP contribution in [0, 0.1) is 0 Å². The molecule has 0 aromatic heterocycles. The maximum absolute atomic E-state index is 13.7. The molecular formula is C9ClF17O2. The first-order valence-corrected chi connectivity index (χ1v) is 6.35. The van der Waals surface area contributed by atoms with E-state index in [1.807, 2.05) is 4.74 Å². The monoisotopic (exact) mass is 498 g/mol. The molecule has 0 aliphatic carbocycles. The summed E-state index contributed by atoms with van der Waals surface area (Å²) < 4.78 is 223. The quantitative estimate of drug-likeness (QED) is 0.358. The largest absolute Gasteiger partial charge is 0.460 e. The maximum atomic E-state index is 13.7. The Kier molecular flexibility index (Phi) is 5.43. The average molecular weight is 499 g/mol. The number of rotatable bonds is 4. The molecule has 1 fully saturated rings. The van der Waals surface area contributed by atoms with Crippen molar-refractivity contribution >= 4 is 11.6 Å². The van der Waals surface area contributed by atoms with Gasteiger partial charge in [-0.15, -0.1) is 0 Å². The number of alkyl halides is 18. The minimum Gasteiger partial charge on any atom is -0.282 e. The lowest BCUT2D eigenvalue weighted by Gasteiger charge is -2.44. The van der Waals surface area contributed by atoms with E-state index in [0.29, 0.717) is 0 Å². The summed E-state index contributed by atoms with van der Waals surface area (Å²) in [6, 6.07) is 0. The van der Waals surface area contributed by atoms with Crippen molar-refractivity contribution in [2.45, 2.75) is 53.3 Å². The van der Waals surface area contributed by atoms with Crippen LogP contribution in [0.4, 0.5) is 74.6 Å². The standard InChI is InChI=1S/C9ClF17O2/c10-6(19)9(26,27)29-5(28-6,1(11,12)3(15,16)7(20,21)22)2(13,14)4(17,18)8(23,24)25. The Morgan fingerprint density at radius 1 is 0.517 bits per heavy atom. The maximum Gasteiger partial charge on any atom is 0.460 e. The van der Waals surface area contributed by atoms with Gasteiger partial charge in [0, 0.05) is 0 Å². The second-order valence-electron chi connectivity index (χ2n) is 5.15. The van der Waals surface area contributed by atoms with E-state index in [-0.39, 0.29) is 0 Å². The van der Waals surface area contributed by atoms with E-state index in [1.54, 1.807) is 0 Å². The molecule has 1 rings (SSSR count). The van der Waals surface area contributed by atoms with Gasteiger partial charge in [0.1, 0.15) is 0 Å². The van der Waals surface area contributed by atoms with Gasteiger partial charge in [0.25, 0.3) is 0 Å². The second-order valence-corrected chi connectivity index (χ2v) is 5.63. The molecule has 0 saturated carbocycles. The minimum atomic E-state index is -8.26. The van der Waals surface area contributed by atoms with Gasteiger partial charge >= 0.3 is 53.3 Å². The van der Waals surface area contributed by atoms with Gasteiger partial charge in [-0.25, -0.2) is 0 Å². The highest BCUT2D eigenvalue weighted by atomic mass is 35.5. The highest BCUT2D eigenvalue weighted by Crippen LogP contribution is 2.68. The molecule has 2 nitrogen and oxygen atoms in total. The van der Waals surface area contributed by atoms with Crippen LogP contribution in [-0.4, -0.2) is 53.3 Å². The molecule has 1 atom stereocenters. The highest BCUT2D eigenvalue weighted by molar-refractivity contribution is 6.22. The van der Waals surface area contributed by atoms with Crippen LogP contribution in [0.1, 0.15) is 0 Å². The van der Waals surface area contributed by atoms with Crippen molar-refractivity contribution in [2.75, 3.05) is 0 Å². The predicted octanol–water partition coefficient (Wildman–Crippen LogP) is 5.85. The summed E-state index contributed by atoms with van der Waals surface area (Å²) in [6.07, 6.45) is -22.2. The molecule has 0 aromatic carbocycles. The molecule has 0 amide bonds. The SMILES string of the molecule is FC(F)(F)C(F)(F)C(F)(F)C1(C(F)(F)C(F)(F)C(F)(F)F)OC(F)(F)C(F)(Cl)O1. The van der Waals surface area contributed by atoms with Gasteiger partial charge < -0.3 is 0 Å². The van der Waals surface area contributed by atoms with E-state index in [0.717, 1.165) is 0 Å². The van der Waals surface area contributed by atoms with E-state index < -0.39 is 53.3 Å². The third-order valence-corrected chi connectivity index (χ3v) is 3.51. The van der Waals surface area contributed by atoms with Crippen molar-refractivity contribution in [1.82, 2.24) is 0 Å². The third-order valence-electron chi connectivity index (χ3n) is 3.21. The summed E-state index contributed by atoms with van der Waals surface area (Å²) in [4.78, 5) is 0. The molecule has 0 aromatic rings. The summed E-state index contributed by atoms with van der Waals surface area (Å²) >= 11 is 3.90. The predicted molar refractivity (Wildman–Crippen MR) is 51.4 cm³/mol. The first kappa shape index (κ1) is 26.1. The van der Waals surface area contributed by atoms with E-state index in [4.69, 9.17) is 0 Å². The van der Waals surface area contributed by atoms with Crippen molar-refractivity contribution in [2.24, 2.45) is 0 Å². The van der Waals surface area contributed by atoms with Gasteiger partial charge in [0.05, 0.1) is 0 Å². The first-order chi connectivity index (χ1) is 12.2. The van der Waals surface area contributed by atoms with Crippen molar-refractivity contribution in [3.63, 3.8) is 0 Å². The lowest BCUT2D eigenvalue weighted by atomic mass is 9.90. The Bertz CT molecular complexity index is 590. The summed E-state index contributed by atoms with van der Waals surface area (Å²) in [5.74, 6) is -40.4. The Balaban J connectivity index is 4.01. The fourth-order valence-electron chi connectivity index (χ4n) is 1.72. The van der Waals surface area contributed by atoms with E-state index in [1.165, 1.54) is 0 Å². The Morgan fingerprint density at radius 3 is 0.966 bits per heavy atom. The molecule has 0 N–H and O–H groups in total. The molecule has 1 saturated heterocycles. The summed E-state index contributed by atoms with van der Waals surface area (Å²) in [7, 11) is 0. The van der Waals surface area contributed by atoms with Crippen LogP contribution in [0.15, 0.2) is 0 Å². The summed E-state index contributed by atoms with van der Waals surface area (Å²) in [5, 5.41) is -6.12. The van der Waals surface area contributed by atoms with Gasteiger partial charge in [-0.05, 0) is 11.6 Å². The smallest absolute Gasteiger partial charge is 0.282 e. The zero-order valence-corrected chi connectivity index (χ0v) is 12.9. The Labute approximate surface area is 150 Å². The number of ether oxygens (including phenoxy) is 2. The summed E-state index contributed by atoms with van der Waals surface area (Å²) in [6.45, 7) is 0. The van der Waals surface area contributed by atoms with E-state index in [9.17, 15) is 74.6 Å². The zero-order valence-electron chi connectivity index (χ0n) is 12.1. The average Bonchev–Trinajstić information content (AvgIpc) is 2.62. The van der Waals surface area contributed by atoms with Crippen LogP contribution in [-0.2, 0) is 9.47 Å². The minimum absolute atomic E-state index is 1.92. The molecule has 29 heavy (non-hydrogen) atoms. The molecule has 0 spiro atoms. The Hall–Kier alpha value is -0.980. The molecule has 174 valence electrons. The molecule has 1 unspecified atom stereocenters. The van der Waals surface area contributed by atoms with Crippen LogP contribution >= 0.6 is 11.6 Å². The van der Waals surface area contributed by atoms with Crippen molar-refractivity contribution in [1.29, 1.82) is 0 Å². The van der Waals surface area contributed by atoms with E-state index >= 15 is 0 Å². The van der Waals surface area contributed by atoms with E-state index in [2.05, 4.69) is 16.3 Å². The van der Waals surface area contributed by atoms with Gasteiger partial charge in [-0.3, -0.25) is 9.47 Å². The molecular weight excluding hydrogens is 499 g/mol. The van der Waals surface area contributed by atoms with Crippen LogP contribution in [0.2, 0.25) is 0 Å². The third kappa shape index (κ3) is 3.09. The molecule has 20 heteroatoms. The zero-order chi connectivity index (χ0) is 23.9. The molecule has 1 heterocycles. The van der Waals surface area contributed by atoms with Gasteiger partial charge in [-0.1, -0.05) is 0 Å². The second kappa shape index (κ2) is 6.04. The summed E-state index contributed by atoms with van der Waals surface area (Å²) in [5.41, 5.74) is 0. The van der Waals surface area contributed by atoms with Crippen molar-refractivity contribution in [3.05, 3.63) is 0 Å². The van der Waals surface area contributed by atoms with Crippen LogP contribution in [0.3, 0.4) is 0 Å². The van der Waals surface area contributed by atoms with Crippen LogP contribution in [0.25, 0.3) is 0 Å². The fourth-order valence-corrected chi connectivity index (χ4v) is 1.87. The lowest BCUT2D eigenvalue weighted by molar-refractivity contribution is -0.503. The number of hydrogen-bond donors (Lipinski definition) is 0. The molecule has 0 bridgehead atoms. The normalized spacial score (nSPS) is 26.7. The number of hydrogen-bond acceptors (Lipinski definition) is 2. The molecule has 1 aliphatic rings. The lowest BCUT2D eigenvalue weighted by Crippen LogP contribution is -2.76. The topological polar surface area (TPSA) is 18.5 Å². The fraction of sp³-hybridized carbons (Fsp3) is 1.00. The van der Waals surface area contributed by atoms with Gasteiger partial charge in [0.15, 0.2) is 0 Å². The molecule has 1 aliphatic heterocycles. The highest BCUT2D eigenvalue weighted by Gasteiger charge is 2.98. The first-order valence-electron chi connectivity index (χ1n) is 5.97. The van der Waals surface area contributed by atoms with Crippen molar-refractivity contribution < 1.29 is 84.1 Å². The van der Waals surface area contributed by atoms with Crippen molar-refractivity contribution in [3.8, 4) is 0 Å². The van der Waals surface area contributed by atoms with Gasteiger partial charge in [-0.2, -0.15) is 74.6 Å².